The molecule has 1 heterocycles. The molecule has 0 aliphatic carbocycles. The molecule has 0 spiro atoms. The zero-order chi connectivity index (χ0) is 13.9. The molecular weight excluding hydrogens is 255 g/mol. The second kappa shape index (κ2) is 5.85. The van der Waals surface area contributed by atoms with Crippen LogP contribution in [0.25, 0.3) is 0 Å². The summed E-state index contributed by atoms with van der Waals surface area (Å²) in [6, 6.07) is 0. The lowest BCUT2D eigenvalue weighted by Crippen LogP contribution is -2.51. The number of carbonyl (C=O) groups is 1. The lowest BCUT2D eigenvalue weighted by Gasteiger charge is -2.37. The van der Waals surface area contributed by atoms with Crippen LogP contribution in [0, 0.1) is 5.92 Å². The van der Waals surface area contributed by atoms with Crippen molar-refractivity contribution in [1.29, 1.82) is 0 Å². The fraction of sp³-hybridized carbons (Fsp3) is 0.900. The van der Waals surface area contributed by atoms with Crippen molar-refractivity contribution < 1.29 is 32.9 Å². The summed E-state index contributed by atoms with van der Waals surface area (Å²) >= 11 is 0. The van der Waals surface area contributed by atoms with Gasteiger partial charge in [-0.25, -0.2) is 0 Å². The SMILES string of the molecule is CC1CN(CC(C(=O)O)C(F)(F)F)CC(CO)O1. The number of hydrogen-bond donors (Lipinski definition) is 2. The largest absolute Gasteiger partial charge is 0.481 e. The second-order valence-electron chi connectivity index (χ2n) is 4.40. The predicted molar refractivity (Wildman–Crippen MR) is 55.0 cm³/mol. The van der Waals surface area contributed by atoms with Gasteiger partial charge in [-0.05, 0) is 6.92 Å². The smallest absolute Gasteiger partial charge is 0.403 e. The van der Waals surface area contributed by atoms with Crippen LogP contribution in [0.2, 0.25) is 0 Å². The van der Waals surface area contributed by atoms with Crippen LogP contribution < -0.4 is 0 Å². The van der Waals surface area contributed by atoms with Crippen molar-refractivity contribution in [2.45, 2.75) is 25.3 Å². The molecule has 3 unspecified atom stereocenters. The number of halogens is 3. The van der Waals surface area contributed by atoms with Crippen LogP contribution in [-0.4, -0.2) is 65.7 Å². The minimum atomic E-state index is -4.78. The number of rotatable bonds is 4. The molecule has 18 heavy (non-hydrogen) atoms. The minimum absolute atomic E-state index is 0.0979. The number of nitrogens with zero attached hydrogens (tertiary/aromatic N) is 1. The van der Waals surface area contributed by atoms with Crippen molar-refractivity contribution in [3.05, 3.63) is 0 Å². The third-order valence-electron chi connectivity index (χ3n) is 2.74. The average Bonchev–Trinajstić information content (AvgIpc) is 2.23. The zero-order valence-electron chi connectivity index (χ0n) is 9.85. The van der Waals surface area contributed by atoms with Gasteiger partial charge in [0.15, 0.2) is 5.92 Å². The molecule has 0 bridgehead atoms. The van der Waals surface area contributed by atoms with Gasteiger partial charge in [0, 0.05) is 19.6 Å². The molecule has 0 saturated carbocycles. The highest BCUT2D eigenvalue weighted by molar-refractivity contribution is 5.71. The Balaban J connectivity index is 2.66. The number of aliphatic hydroxyl groups excluding tert-OH is 1. The van der Waals surface area contributed by atoms with Crippen LogP contribution in [0.3, 0.4) is 0 Å². The molecule has 106 valence electrons. The van der Waals surface area contributed by atoms with Gasteiger partial charge in [0.1, 0.15) is 0 Å². The van der Waals surface area contributed by atoms with E-state index in [9.17, 15) is 18.0 Å². The van der Waals surface area contributed by atoms with E-state index < -0.39 is 30.7 Å². The molecule has 1 aliphatic rings. The van der Waals surface area contributed by atoms with E-state index in [1.807, 2.05) is 0 Å². The van der Waals surface area contributed by atoms with Gasteiger partial charge in [-0.2, -0.15) is 13.2 Å². The predicted octanol–water partition coefficient (Wildman–Crippen LogP) is 0.331. The summed E-state index contributed by atoms with van der Waals surface area (Å²) in [5.41, 5.74) is 0. The van der Waals surface area contributed by atoms with Gasteiger partial charge >= 0.3 is 12.1 Å². The van der Waals surface area contributed by atoms with Crippen molar-refractivity contribution in [3.8, 4) is 0 Å². The number of ether oxygens (including phenoxy) is 1. The van der Waals surface area contributed by atoms with Crippen LogP contribution in [0.1, 0.15) is 6.92 Å². The standard InChI is InChI=1S/C10H16F3NO4/c1-6-2-14(3-7(5-15)18-6)4-8(9(16)17)10(11,12)13/h6-8,15H,2-5H2,1H3,(H,16,17). The molecule has 2 N–H and O–H groups in total. The van der Waals surface area contributed by atoms with Gasteiger partial charge in [-0.3, -0.25) is 9.69 Å². The van der Waals surface area contributed by atoms with Crippen LogP contribution in [0.5, 0.6) is 0 Å². The van der Waals surface area contributed by atoms with Crippen LogP contribution in [0.4, 0.5) is 13.2 Å². The maximum atomic E-state index is 12.5. The Morgan fingerprint density at radius 3 is 2.56 bits per heavy atom. The van der Waals surface area contributed by atoms with Crippen molar-refractivity contribution in [3.63, 3.8) is 0 Å². The van der Waals surface area contributed by atoms with Crippen molar-refractivity contribution >= 4 is 5.97 Å². The molecule has 0 aromatic rings. The Morgan fingerprint density at radius 2 is 2.11 bits per heavy atom. The number of aliphatic hydroxyl groups is 1. The average molecular weight is 271 g/mol. The minimum Gasteiger partial charge on any atom is -0.481 e. The number of carboxylic acid groups (broad SMARTS) is 1. The van der Waals surface area contributed by atoms with Crippen LogP contribution in [-0.2, 0) is 9.53 Å². The highest BCUT2D eigenvalue weighted by Crippen LogP contribution is 2.28. The summed E-state index contributed by atoms with van der Waals surface area (Å²) in [7, 11) is 0. The van der Waals surface area contributed by atoms with Gasteiger partial charge < -0.3 is 14.9 Å². The molecule has 3 atom stereocenters. The molecule has 8 heteroatoms. The maximum absolute atomic E-state index is 12.5. The highest BCUT2D eigenvalue weighted by atomic mass is 19.4. The third kappa shape index (κ3) is 4.11. The Hall–Kier alpha value is -0.860. The van der Waals surface area contributed by atoms with E-state index in [-0.39, 0.29) is 25.8 Å². The number of aliphatic carboxylic acids is 1. The zero-order valence-corrected chi connectivity index (χ0v) is 9.85. The molecular formula is C10H16F3NO4. The van der Waals surface area contributed by atoms with E-state index >= 15 is 0 Å². The quantitative estimate of drug-likeness (QED) is 0.771. The second-order valence-corrected chi connectivity index (χ2v) is 4.40. The topological polar surface area (TPSA) is 70.0 Å². The molecule has 0 amide bonds. The Morgan fingerprint density at radius 1 is 1.50 bits per heavy atom. The Kier molecular flexibility index (Phi) is 4.94. The first-order valence-electron chi connectivity index (χ1n) is 5.52. The normalized spacial score (nSPS) is 28.1. The first-order chi connectivity index (χ1) is 8.24. The van der Waals surface area contributed by atoms with Gasteiger partial charge in [0.05, 0.1) is 18.8 Å². The fourth-order valence-electron chi connectivity index (χ4n) is 1.97. The Bertz CT molecular complexity index is 297. The third-order valence-corrected chi connectivity index (χ3v) is 2.74. The van der Waals surface area contributed by atoms with E-state index in [4.69, 9.17) is 14.9 Å². The van der Waals surface area contributed by atoms with E-state index in [1.165, 1.54) is 4.90 Å². The van der Waals surface area contributed by atoms with Crippen LogP contribution in [0.15, 0.2) is 0 Å². The summed E-state index contributed by atoms with van der Waals surface area (Å²) in [6.07, 6.45) is -5.68. The molecule has 0 radical (unpaired) electrons. The number of alkyl halides is 3. The summed E-state index contributed by atoms with van der Waals surface area (Å²) in [4.78, 5) is 12.0. The van der Waals surface area contributed by atoms with E-state index in [2.05, 4.69) is 0 Å². The maximum Gasteiger partial charge on any atom is 0.403 e. The van der Waals surface area contributed by atoms with E-state index in [1.54, 1.807) is 6.92 Å². The first-order valence-corrected chi connectivity index (χ1v) is 5.52. The summed E-state index contributed by atoms with van der Waals surface area (Å²) in [5, 5.41) is 17.5. The molecule has 1 rings (SSSR count). The fourth-order valence-corrected chi connectivity index (χ4v) is 1.97. The summed E-state index contributed by atoms with van der Waals surface area (Å²) in [6.45, 7) is 1.06. The number of hydrogen-bond acceptors (Lipinski definition) is 4. The number of carboxylic acids is 1. The molecule has 0 aromatic carbocycles. The molecule has 0 aromatic heterocycles. The molecule has 5 nitrogen and oxygen atoms in total. The monoisotopic (exact) mass is 271 g/mol. The van der Waals surface area contributed by atoms with E-state index in [0.717, 1.165) is 0 Å². The van der Waals surface area contributed by atoms with Crippen molar-refractivity contribution in [2.24, 2.45) is 5.92 Å². The van der Waals surface area contributed by atoms with Crippen molar-refractivity contribution in [2.75, 3.05) is 26.2 Å². The molecule has 1 saturated heterocycles. The van der Waals surface area contributed by atoms with Gasteiger partial charge in [0.2, 0.25) is 0 Å². The summed E-state index contributed by atoms with van der Waals surface area (Å²) < 4.78 is 42.8. The van der Waals surface area contributed by atoms with Crippen LogP contribution >= 0.6 is 0 Å². The van der Waals surface area contributed by atoms with E-state index in [0.29, 0.717) is 0 Å². The lowest BCUT2D eigenvalue weighted by molar-refractivity contribution is -0.200. The van der Waals surface area contributed by atoms with Gasteiger partial charge in [-0.15, -0.1) is 0 Å². The first kappa shape index (κ1) is 15.2. The molecule has 1 fully saturated rings. The molecule has 1 aliphatic heterocycles. The van der Waals surface area contributed by atoms with Gasteiger partial charge in [0.25, 0.3) is 0 Å². The Labute approximate surface area is 102 Å². The lowest BCUT2D eigenvalue weighted by atomic mass is 10.1. The van der Waals surface area contributed by atoms with Gasteiger partial charge in [-0.1, -0.05) is 0 Å². The number of morpholine rings is 1. The highest BCUT2D eigenvalue weighted by Gasteiger charge is 2.46. The summed E-state index contributed by atoms with van der Waals surface area (Å²) in [5.74, 6) is -4.30. The van der Waals surface area contributed by atoms with Crippen molar-refractivity contribution in [1.82, 2.24) is 4.90 Å².